The van der Waals surface area contributed by atoms with Gasteiger partial charge in [0, 0.05) is 13.0 Å². The molecular weight excluding hydrogens is 444 g/mol. The number of hydrogen-bond acceptors (Lipinski definition) is 4. The number of rotatable bonds is 8. The Kier molecular flexibility index (Phi) is 5.82. The van der Waals surface area contributed by atoms with E-state index in [-0.39, 0.29) is 30.8 Å². The molecule has 2 aromatic rings. The largest absolute Gasteiger partial charge is 0.479 e. The number of alkyl carbamates (subject to hydrolysis) is 1. The van der Waals surface area contributed by atoms with Gasteiger partial charge in [-0.2, -0.15) is 0 Å². The summed E-state index contributed by atoms with van der Waals surface area (Å²) in [6.45, 7) is 2.07. The maximum absolute atomic E-state index is 13.1. The molecule has 2 fully saturated rings. The number of ether oxygens (including phenoxy) is 1. The predicted octanol–water partition coefficient (Wildman–Crippen LogP) is 4.55. The van der Waals surface area contributed by atoms with E-state index in [0.29, 0.717) is 12.8 Å². The molecular formula is C28H32N2O5. The van der Waals surface area contributed by atoms with Gasteiger partial charge in [0.15, 0.2) is 0 Å². The molecule has 0 bridgehead atoms. The molecule has 2 amide bonds. The van der Waals surface area contributed by atoms with E-state index in [1.165, 1.54) is 4.90 Å². The summed E-state index contributed by atoms with van der Waals surface area (Å²) in [5, 5.41) is 12.7. The quantitative estimate of drug-likeness (QED) is 0.583. The van der Waals surface area contributed by atoms with Crippen LogP contribution in [-0.4, -0.2) is 52.7 Å². The summed E-state index contributed by atoms with van der Waals surface area (Å²) in [6.07, 6.45) is 3.06. The van der Waals surface area contributed by atoms with Crippen LogP contribution >= 0.6 is 0 Å². The number of amides is 2. The Hall–Kier alpha value is -3.35. The van der Waals surface area contributed by atoms with Crippen molar-refractivity contribution in [2.75, 3.05) is 13.7 Å². The zero-order valence-electron chi connectivity index (χ0n) is 20.3. The number of carboxylic acids is 1. The first kappa shape index (κ1) is 23.4. The van der Waals surface area contributed by atoms with Crippen molar-refractivity contribution in [3.05, 3.63) is 59.7 Å². The number of benzene rings is 2. The second-order valence-electron chi connectivity index (χ2n) is 10.5. The lowest BCUT2D eigenvalue weighted by Crippen LogP contribution is -2.61. The van der Waals surface area contributed by atoms with Crippen LogP contribution in [0.3, 0.4) is 0 Å². The summed E-state index contributed by atoms with van der Waals surface area (Å²) >= 11 is 0. The Morgan fingerprint density at radius 1 is 1.06 bits per heavy atom. The van der Waals surface area contributed by atoms with Gasteiger partial charge in [-0.05, 0) is 67.2 Å². The second kappa shape index (κ2) is 8.70. The summed E-state index contributed by atoms with van der Waals surface area (Å²) in [5.74, 6) is -1.10. The number of aliphatic carboxylic acids is 1. The van der Waals surface area contributed by atoms with Crippen molar-refractivity contribution < 1.29 is 24.2 Å². The molecule has 0 radical (unpaired) electrons. The standard InChI is InChI=1S/C28H32N2O5/c1-27(18-12-13-18,16-24(31)30(2)28(25(32)33)14-7-15-28)29-26(34)35-17-23-21-10-5-3-8-19(21)20-9-4-6-11-22(20)23/h3-6,8-11,18,23H,7,12-17H2,1-2H3,(H,29,34)(H,32,33). The minimum Gasteiger partial charge on any atom is -0.479 e. The van der Waals surface area contributed by atoms with Crippen molar-refractivity contribution in [1.29, 1.82) is 0 Å². The smallest absolute Gasteiger partial charge is 0.407 e. The highest BCUT2D eigenvalue weighted by molar-refractivity contribution is 5.88. The fraction of sp³-hybridized carbons (Fsp3) is 0.464. The lowest BCUT2D eigenvalue weighted by molar-refractivity contribution is -0.164. The van der Waals surface area contributed by atoms with Crippen molar-refractivity contribution in [3.8, 4) is 11.1 Å². The number of carboxylic acid groups (broad SMARTS) is 1. The lowest BCUT2D eigenvalue weighted by Gasteiger charge is -2.46. The van der Waals surface area contributed by atoms with Crippen LogP contribution in [-0.2, 0) is 14.3 Å². The van der Waals surface area contributed by atoms with E-state index in [2.05, 4.69) is 29.6 Å². The minimum atomic E-state index is -1.12. The molecule has 3 aliphatic carbocycles. The summed E-state index contributed by atoms with van der Waals surface area (Å²) < 4.78 is 5.72. The number of nitrogens with one attached hydrogen (secondary N) is 1. The van der Waals surface area contributed by atoms with Gasteiger partial charge in [0.1, 0.15) is 12.1 Å². The Morgan fingerprint density at radius 3 is 2.11 bits per heavy atom. The van der Waals surface area contributed by atoms with Gasteiger partial charge in [0.25, 0.3) is 0 Å². The van der Waals surface area contributed by atoms with Crippen molar-refractivity contribution in [2.45, 2.75) is 62.4 Å². The molecule has 184 valence electrons. The number of hydrogen-bond donors (Lipinski definition) is 2. The molecule has 2 N–H and O–H groups in total. The minimum absolute atomic E-state index is 0.0397. The van der Waals surface area contributed by atoms with Crippen molar-refractivity contribution in [1.82, 2.24) is 10.2 Å². The van der Waals surface area contributed by atoms with E-state index in [9.17, 15) is 19.5 Å². The first-order chi connectivity index (χ1) is 16.7. The van der Waals surface area contributed by atoms with Crippen LogP contribution in [0.15, 0.2) is 48.5 Å². The monoisotopic (exact) mass is 476 g/mol. The molecule has 0 aliphatic heterocycles. The van der Waals surface area contributed by atoms with E-state index in [1.54, 1.807) is 7.05 Å². The van der Waals surface area contributed by atoms with E-state index < -0.39 is 23.1 Å². The normalized spacial score (nSPS) is 19.5. The van der Waals surface area contributed by atoms with Crippen LogP contribution in [0.1, 0.15) is 62.5 Å². The van der Waals surface area contributed by atoms with E-state index in [1.807, 2.05) is 31.2 Å². The second-order valence-corrected chi connectivity index (χ2v) is 10.5. The third-order valence-electron chi connectivity index (χ3n) is 8.32. The van der Waals surface area contributed by atoms with Crippen LogP contribution in [0.2, 0.25) is 0 Å². The Balaban J connectivity index is 1.25. The molecule has 1 atom stereocenters. The molecule has 35 heavy (non-hydrogen) atoms. The highest BCUT2D eigenvalue weighted by Crippen LogP contribution is 2.45. The highest BCUT2D eigenvalue weighted by atomic mass is 16.5. The number of carbonyl (C=O) groups is 3. The first-order valence-electron chi connectivity index (χ1n) is 12.4. The Morgan fingerprint density at radius 2 is 1.63 bits per heavy atom. The fourth-order valence-electron chi connectivity index (χ4n) is 5.75. The third kappa shape index (κ3) is 4.07. The maximum Gasteiger partial charge on any atom is 0.407 e. The molecule has 7 heteroatoms. The van der Waals surface area contributed by atoms with Gasteiger partial charge < -0.3 is 20.1 Å². The number of nitrogens with zero attached hydrogens (tertiary/aromatic N) is 1. The van der Waals surface area contributed by atoms with Crippen LogP contribution < -0.4 is 5.32 Å². The summed E-state index contributed by atoms with van der Waals surface area (Å²) in [5.41, 5.74) is 2.71. The number of likely N-dealkylation sites (N-methyl/N-ethyl adjacent to an activating group) is 1. The van der Waals surface area contributed by atoms with Gasteiger partial charge >= 0.3 is 12.1 Å². The van der Waals surface area contributed by atoms with Gasteiger partial charge in [-0.25, -0.2) is 9.59 Å². The molecule has 1 unspecified atom stereocenters. The Bertz CT molecular complexity index is 1120. The zero-order chi connectivity index (χ0) is 24.8. The molecule has 2 saturated carbocycles. The molecule has 0 aromatic heterocycles. The van der Waals surface area contributed by atoms with Gasteiger partial charge in [-0.3, -0.25) is 4.79 Å². The van der Waals surface area contributed by atoms with Gasteiger partial charge in [0.05, 0.1) is 12.0 Å². The lowest BCUT2D eigenvalue weighted by atomic mass is 9.75. The summed E-state index contributed by atoms with van der Waals surface area (Å²) in [6, 6.07) is 16.3. The topological polar surface area (TPSA) is 95.9 Å². The molecule has 0 spiro atoms. The van der Waals surface area contributed by atoms with Crippen LogP contribution in [0.25, 0.3) is 11.1 Å². The summed E-state index contributed by atoms with van der Waals surface area (Å²) in [4.78, 5) is 39.3. The molecule has 0 saturated heterocycles. The highest BCUT2D eigenvalue weighted by Gasteiger charge is 2.52. The van der Waals surface area contributed by atoms with Crippen LogP contribution in [0.5, 0.6) is 0 Å². The van der Waals surface area contributed by atoms with Crippen molar-refractivity contribution in [3.63, 3.8) is 0 Å². The molecule has 3 aliphatic rings. The van der Waals surface area contributed by atoms with Crippen LogP contribution in [0, 0.1) is 5.92 Å². The SMILES string of the molecule is CN(C(=O)CC(C)(NC(=O)OCC1c2ccccc2-c2ccccc21)C1CC1)C1(C(=O)O)CCC1. The number of fused-ring (bicyclic) bond motifs is 3. The Labute approximate surface area is 205 Å². The molecule has 2 aromatic carbocycles. The van der Waals surface area contributed by atoms with Crippen LogP contribution in [0.4, 0.5) is 4.79 Å². The van der Waals surface area contributed by atoms with Crippen molar-refractivity contribution >= 4 is 18.0 Å². The van der Waals surface area contributed by atoms with Gasteiger partial charge in [-0.1, -0.05) is 48.5 Å². The average molecular weight is 477 g/mol. The zero-order valence-corrected chi connectivity index (χ0v) is 20.3. The predicted molar refractivity (Wildman–Crippen MR) is 131 cm³/mol. The number of carbonyl (C=O) groups excluding carboxylic acids is 2. The first-order valence-corrected chi connectivity index (χ1v) is 12.4. The summed E-state index contributed by atoms with van der Waals surface area (Å²) in [7, 11) is 1.57. The molecule has 7 nitrogen and oxygen atoms in total. The van der Waals surface area contributed by atoms with Crippen molar-refractivity contribution in [2.24, 2.45) is 5.92 Å². The molecule has 0 heterocycles. The van der Waals surface area contributed by atoms with Gasteiger partial charge in [0.2, 0.25) is 5.91 Å². The maximum atomic E-state index is 13.1. The third-order valence-corrected chi connectivity index (χ3v) is 8.32. The average Bonchev–Trinajstić information content (AvgIpc) is 3.61. The van der Waals surface area contributed by atoms with Gasteiger partial charge in [-0.15, -0.1) is 0 Å². The van der Waals surface area contributed by atoms with E-state index in [0.717, 1.165) is 41.5 Å². The van der Waals surface area contributed by atoms with E-state index >= 15 is 0 Å². The van der Waals surface area contributed by atoms with E-state index in [4.69, 9.17) is 4.74 Å². The fourth-order valence-corrected chi connectivity index (χ4v) is 5.75. The molecule has 5 rings (SSSR count).